The van der Waals surface area contributed by atoms with Crippen molar-refractivity contribution < 1.29 is 42.1 Å². The van der Waals surface area contributed by atoms with Crippen molar-refractivity contribution in [2.75, 3.05) is 28.4 Å². The summed E-state index contributed by atoms with van der Waals surface area (Å²) in [5.74, 6) is -2.73. The van der Waals surface area contributed by atoms with E-state index in [0.717, 1.165) is 18.4 Å². The van der Waals surface area contributed by atoms with Gasteiger partial charge in [0.25, 0.3) is 5.72 Å². The van der Waals surface area contributed by atoms with E-state index in [2.05, 4.69) is 5.32 Å². The van der Waals surface area contributed by atoms with Crippen molar-refractivity contribution in [2.45, 2.75) is 17.9 Å². The quantitative estimate of drug-likeness (QED) is 0.624. The van der Waals surface area contributed by atoms with Crippen LogP contribution in [0, 0.1) is 5.92 Å². The van der Waals surface area contributed by atoms with Crippen LogP contribution in [0.15, 0.2) is 29.6 Å². The molecule has 1 aromatic carbocycles. The van der Waals surface area contributed by atoms with Gasteiger partial charge in [0.2, 0.25) is 5.75 Å². The molecule has 3 atom stereocenters. The molecule has 1 aliphatic rings. The number of benzene rings is 1. The lowest BCUT2D eigenvalue weighted by Gasteiger charge is -2.49. The smallest absolute Gasteiger partial charge is 0.437 e. The zero-order chi connectivity index (χ0) is 23.8. The summed E-state index contributed by atoms with van der Waals surface area (Å²) >= 11 is 0.928. The largest absolute Gasteiger partial charge is 0.493 e. The first-order valence-electron chi connectivity index (χ1n) is 9.22. The van der Waals surface area contributed by atoms with Crippen molar-refractivity contribution >= 4 is 23.2 Å². The summed E-state index contributed by atoms with van der Waals surface area (Å²) in [4.78, 5) is 25.9. The number of nitrogens with zero attached hydrogens (tertiary/aromatic N) is 1. The number of Topliss-reactive ketones (excluding diaryl/α,β-unsaturated/α-hetero) is 1. The van der Waals surface area contributed by atoms with Crippen LogP contribution < -0.4 is 19.5 Å². The first-order chi connectivity index (χ1) is 15.0. The number of halogens is 3. The van der Waals surface area contributed by atoms with Gasteiger partial charge in [-0.3, -0.25) is 9.69 Å². The highest BCUT2D eigenvalue weighted by Crippen LogP contribution is 2.49. The van der Waals surface area contributed by atoms with Gasteiger partial charge in [0.05, 0.1) is 32.2 Å². The summed E-state index contributed by atoms with van der Waals surface area (Å²) in [6.07, 6.45) is -5.34. The number of aliphatic hydroxyl groups is 1. The number of thiophene rings is 1. The Morgan fingerprint density at radius 2 is 1.78 bits per heavy atom. The molecule has 1 aromatic heterocycles. The SMILES string of the molecule is COc1cc([C@@H]2NC(=O)N(C)[C@@](O)(C(F)(F)F)[C@@H]2C(=O)c2cccs2)cc(OC)c1OC. The molecule has 32 heavy (non-hydrogen) atoms. The number of amides is 2. The Hall–Kier alpha value is -2.99. The lowest BCUT2D eigenvalue weighted by atomic mass is 9.77. The number of rotatable bonds is 6. The zero-order valence-corrected chi connectivity index (χ0v) is 18.3. The molecule has 0 radical (unpaired) electrons. The molecule has 8 nitrogen and oxygen atoms in total. The molecule has 1 fully saturated rings. The third kappa shape index (κ3) is 3.62. The Morgan fingerprint density at radius 3 is 2.22 bits per heavy atom. The third-order valence-electron chi connectivity index (χ3n) is 5.37. The minimum absolute atomic E-state index is 0.000310. The standard InChI is InChI=1S/C20H21F3N2O6S/c1-25-18(27)24-15(10-8-11(29-2)17(31-4)12(9-10)30-3)14(19(25,28)20(21,22)23)16(26)13-6-5-7-32-13/h5-9,14-15,28H,1-4H3,(H,24,27)/t14-,15-,19-/m0/s1. The second-order valence-corrected chi connectivity index (χ2v) is 7.94. The van der Waals surface area contributed by atoms with E-state index in [0.29, 0.717) is 0 Å². The number of urea groups is 1. The van der Waals surface area contributed by atoms with Crippen molar-refractivity contribution in [3.8, 4) is 17.2 Å². The van der Waals surface area contributed by atoms with Crippen molar-refractivity contribution in [1.82, 2.24) is 10.2 Å². The molecule has 0 aliphatic carbocycles. The monoisotopic (exact) mass is 474 g/mol. The van der Waals surface area contributed by atoms with Gasteiger partial charge in [-0.2, -0.15) is 13.2 Å². The number of nitrogens with one attached hydrogen (secondary N) is 1. The average Bonchev–Trinajstić information content (AvgIpc) is 3.29. The Bertz CT molecular complexity index is 988. The Balaban J connectivity index is 2.27. The van der Waals surface area contributed by atoms with Crippen LogP contribution in [0.3, 0.4) is 0 Å². The second-order valence-electron chi connectivity index (χ2n) is 6.99. The van der Waals surface area contributed by atoms with Gasteiger partial charge in [0.15, 0.2) is 17.3 Å². The predicted octanol–water partition coefficient (Wildman–Crippen LogP) is 3.22. The summed E-state index contributed by atoms with van der Waals surface area (Å²) in [6, 6.07) is 2.73. The zero-order valence-electron chi connectivity index (χ0n) is 17.5. The molecule has 2 aromatic rings. The fourth-order valence-electron chi connectivity index (χ4n) is 3.74. The summed E-state index contributed by atoms with van der Waals surface area (Å²) in [5, 5.41) is 14.8. The third-order valence-corrected chi connectivity index (χ3v) is 6.26. The van der Waals surface area contributed by atoms with E-state index in [9.17, 15) is 27.9 Å². The van der Waals surface area contributed by atoms with Crippen molar-refractivity contribution in [3.63, 3.8) is 0 Å². The van der Waals surface area contributed by atoms with Gasteiger partial charge in [-0.25, -0.2) is 4.79 Å². The Kier molecular flexibility index (Phi) is 6.29. The average molecular weight is 474 g/mol. The van der Waals surface area contributed by atoms with Gasteiger partial charge < -0.3 is 24.6 Å². The van der Waals surface area contributed by atoms with Crippen LogP contribution in [0.25, 0.3) is 0 Å². The van der Waals surface area contributed by atoms with E-state index < -0.39 is 35.7 Å². The number of alkyl halides is 3. The molecule has 1 aliphatic heterocycles. The first-order valence-corrected chi connectivity index (χ1v) is 10.1. The molecule has 12 heteroatoms. The maximum Gasteiger partial charge on any atom is 0.437 e. The van der Waals surface area contributed by atoms with Gasteiger partial charge in [-0.1, -0.05) is 6.07 Å². The lowest BCUT2D eigenvalue weighted by Crippen LogP contribution is -2.72. The minimum atomic E-state index is -5.34. The van der Waals surface area contributed by atoms with E-state index in [1.165, 1.54) is 51.0 Å². The topological polar surface area (TPSA) is 97.3 Å². The minimum Gasteiger partial charge on any atom is -0.493 e. The molecule has 2 heterocycles. The van der Waals surface area contributed by atoms with Crippen LogP contribution in [-0.2, 0) is 0 Å². The summed E-state index contributed by atoms with van der Waals surface area (Å²) in [5.41, 5.74) is -3.72. The molecule has 3 rings (SSSR count). The molecular weight excluding hydrogens is 453 g/mol. The Labute approximate surface area is 185 Å². The molecule has 0 spiro atoms. The number of ether oxygens (including phenoxy) is 3. The fourth-order valence-corrected chi connectivity index (χ4v) is 4.44. The lowest BCUT2D eigenvalue weighted by molar-refractivity contribution is -0.322. The number of carbonyl (C=O) groups excluding carboxylic acids is 2. The normalized spacial score (nSPS) is 23.5. The highest BCUT2D eigenvalue weighted by molar-refractivity contribution is 7.12. The van der Waals surface area contributed by atoms with Gasteiger partial charge in [0.1, 0.15) is 5.92 Å². The molecular formula is C20H21F3N2O6S. The summed E-state index contributed by atoms with van der Waals surface area (Å²) in [7, 11) is 4.76. The molecule has 1 saturated heterocycles. The molecule has 0 saturated carbocycles. The van der Waals surface area contributed by atoms with Gasteiger partial charge in [0, 0.05) is 7.05 Å². The van der Waals surface area contributed by atoms with Crippen LogP contribution in [0.1, 0.15) is 21.3 Å². The van der Waals surface area contributed by atoms with Crippen LogP contribution in [0.5, 0.6) is 17.2 Å². The van der Waals surface area contributed by atoms with E-state index in [-0.39, 0.29) is 32.6 Å². The summed E-state index contributed by atoms with van der Waals surface area (Å²) < 4.78 is 58.4. The number of carbonyl (C=O) groups is 2. The number of hydrogen-bond acceptors (Lipinski definition) is 7. The van der Waals surface area contributed by atoms with Crippen molar-refractivity contribution in [3.05, 3.63) is 40.1 Å². The molecule has 174 valence electrons. The predicted molar refractivity (Wildman–Crippen MR) is 108 cm³/mol. The number of methoxy groups -OCH3 is 3. The molecule has 0 unspecified atom stereocenters. The molecule has 0 bridgehead atoms. The highest BCUT2D eigenvalue weighted by atomic mass is 32.1. The van der Waals surface area contributed by atoms with Crippen molar-refractivity contribution in [2.24, 2.45) is 5.92 Å². The Morgan fingerprint density at radius 1 is 1.19 bits per heavy atom. The molecule has 2 N–H and O–H groups in total. The van der Waals surface area contributed by atoms with Crippen LogP contribution in [-0.4, -0.2) is 62.1 Å². The van der Waals surface area contributed by atoms with Gasteiger partial charge in [-0.05, 0) is 29.1 Å². The van der Waals surface area contributed by atoms with Crippen LogP contribution >= 0.6 is 11.3 Å². The summed E-state index contributed by atoms with van der Waals surface area (Å²) in [6.45, 7) is 0. The molecule has 2 amide bonds. The van der Waals surface area contributed by atoms with E-state index in [1.54, 1.807) is 0 Å². The fraction of sp³-hybridized carbons (Fsp3) is 0.400. The maximum absolute atomic E-state index is 14.2. The van der Waals surface area contributed by atoms with E-state index in [4.69, 9.17) is 14.2 Å². The maximum atomic E-state index is 14.2. The van der Waals surface area contributed by atoms with E-state index >= 15 is 0 Å². The van der Waals surface area contributed by atoms with E-state index in [1.807, 2.05) is 0 Å². The van der Waals surface area contributed by atoms with Crippen LogP contribution in [0.4, 0.5) is 18.0 Å². The van der Waals surface area contributed by atoms with Crippen LogP contribution in [0.2, 0.25) is 0 Å². The van der Waals surface area contributed by atoms with Gasteiger partial charge in [-0.15, -0.1) is 11.3 Å². The number of hydrogen-bond donors (Lipinski definition) is 2. The highest BCUT2D eigenvalue weighted by Gasteiger charge is 2.69. The van der Waals surface area contributed by atoms with Crippen molar-refractivity contribution in [1.29, 1.82) is 0 Å². The van der Waals surface area contributed by atoms with Gasteiger partial charge >= 0.3 is 12.2 Å². The first kappa shape index (κ1) is 23.7. The second kappa shape index (κ2) is 8.51. The number of ketones is 1.